The van der Waals surface area contributed by atoms with Crippen LogP contribution in [0.2, 0.25) is 0 Å². The van der Waals surface area contributed by atoms with Gasteiger partial charge in [0.15, 0.2) is 23.1 Å². The summed E-state index contributed by atoms with van der Waals surface area (Å²) in [6.07, 6.45) is 7.24. The fourth-order valence-electron chi connectivity index (χ4n) is 5.51. The van der Waals surface area contributed by atoms with Gasteiger partial charge in [-0.2, -0.15) is 5.10 Å². The summed E-state index contributed by atoms with van der Waals surface area (Å²) in [6.45, 7) is 9.60. The molecule has 1 N–H and O–H groups in total. The number of benzene rings is 1. The zero-order chi connectivity index (χ0) is 34.9. The number of aliphatic hydroxyl groups is 1. The number of rotatable bonds is 11. The number of aliphatic hydroxyl groups excluding tert-OH is 1. The number of anilines is 1. The fraction of sp³-hybridized carbons (Fsp3) is 0.306. The number of ketones is 5. The van der Waals surface area contributed by atoms with E-state index in [0.29, 0.717) is 28.9 Å². The molecule has 248 valence electrons. The van der Waals surface area contributed by atoms with Crippen LogP contribution in [0.5, 0.6) is 0 Å². The van der Waals surface area contributed by atoms with Gasteiger partial charge in [-0.3, -0.25) is 28.8 Å². The van der Waals surface area contributed by atoms with E-state index in [1.54, 1.807) is 25.1 Å². The second-order valence-electron chi connectivity index (χ2n) is 12.4. The largest absolute Gasteiger partial charge is 0.506 e. The Morgan fingerprint density at radius 3 is 1.85 bits per heavy atom. The summed E-state index contributed by atoms with van der Waals surface area (Å²) in [6, 6.07) is 5.21. The highest BCUT2D eigenvalue weighted by Crippen LogP contribution is 2.42. The SMILES string of the molecule is CCC1=NN(C(C)(C)C)C(=O)C1=C1C(=O)C(c2ccc(N(CCOC3=CC(=O)C=CC3=O)CCOC3=CC(=O)C=CC3=O)cc2C)=C1O. The Hall–Kier alpha value is -5.65. The molecule has 48 heavy (non-hydrogen) atoms. The van der Waals surface area contributed by atoms with Gasteiger partial charge < -0.3 is 19.5 Å². The van der Waals surface area contributed by atoms with Gasteiger partial charge in [-0.05, 0) is 81.7 Å². The Labute approximate surface area is 277 Å². The number of carbonyl (C=O) groups excluding carboxylic acids is 6. The van der Waals surface area contributed by atoms with Gasteiger partial charge >= 0.3 is 0 Å². The Morgan fingerprint density at radius 1 is 0.812 bits per heavy atom. The molecule has 0 saturated carbocycles. The van der Waals surface area contributed by atoms with Crippen LogP contribution in [0.1, 0.15) is 45.2 Å². The third-order valence-corrected chi connectivity index (χ3v) is 7.98. The topological polar surface area (TPSA) is 160 Å². The molecular formula is C36H35N3O9. The minimum Gasteiger partial charge on any atom is -0.506 e. The third-order valence-electron chi connectivity index (χ3n) is 7.98. The molecule has 0 aromatic heterocycles. The predicted octanol–water partition coefficient (Wildman–Crippen LogP) is 3.57. The van der Waals surface area contributed by atoms with Crippen molar-refractivity contribution >= 4 is 51.8 Å². The van der Waals surface area contributed by atoms with Crippen molar-refractivity contribution in [3.63, 3.8) is 0 Å². The average Bonchev–Trinajstić information content (AvgIpc) is 3.36. The van der Waals surface area contributed by atoms with E-state index in [1.165, 1.54) is 5.01 Å². The van der Waals surface area contributed by atoms with Crippen molar-refractivity contribution in [2.24, 2.45) is 5.10 Å². The van der Waals surface area contributed by atoms with Crippen LogP contribution in [0.3, 0.4) is 0 Å². The number of allylic oxidation sites excluding steroid dienone is 8. The van der Waals surface area contributed by atoms with Crippen molar-refractivity contribution in [1.29, 1.82) is 0 Å². The normalized spacial score (nSPS) is 19.5. The lowest BCUT2D eigenvalue weighted by atomic mass is 9.78. The number of hydrazone groups is 1. The summed E-state index contributed by atoms with van der Waals surface area (Å²) >= 11 is 0. The molecule has 4 aliphatic rings. The van der Waals surface area contributed by atoms with Crippen LogP contribution in [0.25, 0.3) is 5.57 Å². The highest BCUT2D eigenvalue weighted by Gasteiger charge is 2.45. The molecule has 12 nitrogen and oxygen atoms in total. The maximum Gasteiger partial charge on any atom is 0.277 e. The molecule has 0 radical (unpaired) electrons. The first-order chi connectivity index (χ1) is 22.7. The van der Waals surface area contributed by atoms with Gasteiger partial charge in [0, 0.05) is 17.8 Å². The van der Waals surface area contributed by atoms with E-state index < -0.39 is 28.8 Å². The van der Waals surface area contributed by atoms with E-state index in [0.717, 1.165) is 36.5 Å². The molecule has 1 aliphatic heterocycles. The van der Waals surface area contributed by atoms with Gasteiger partial charge in [-0.1, -0.05) is 13.0 Å². The van der Waals surface area contributed by atoms with E-state index in [9.17, 15) is 33.9 Å². The monoisotopic (exact) mass is 653 g/mol. The van der Waals surface area contributed by atoms with Crippen LogP contribution in [0.4, 0.5) is 5.69 Å². The molecule has 1 aromatic rings. The van der Waals surface area contributed by atoms with Crippen molar-refractivity contribution in [3.8, 4) is 0 Å². The second-order valence-corrected chi connectivity index (χ2v) is 12.4. The summed E-state index contributed by atoms with van der Waals surface area (Å²) in [7, 11) is 0. The van der Waals surface area contributed by atoms with E-state index in [-0.39, 0.29) is 71.9 Å². The standard InChI is InChI=1S/C36H35N3O9/c1-6-25-31(35(46)39(37-25)36(3,4)5)32-33(44)30(34(32)45)24-10-7-21(17-20(24)2)38(13-15-47-28-18-22(40)8-11-26(28)42)14-16-48-29-19-23(41)9-12-27(29)43/h7-12,17-19,44H,6,13-16H2,1-5H3. The number of hydrogen-bond donors (Lipinski definition) is 1. The van der Waals surface area contributed by atoms with Gasteiger partial charge in [-0.15, -0.1) is 0 Å². The lowest BCUT2D eigenvalue weighted by Gasteiger charge is -2.29. The predicted molar refractivity (Wildman–Crippen MR) is 176 cm³/mol. The van der Waals surface area contributed by atoms with Crippen molar-refractivity contribution in [3.05, 3.63) is 94.2 Å². The summed E-state index contributed by atoms with van der Waals surface area (Å²) in [5, 5.41) is 16.9. The zero-order valence-corrected chi connectivity index (χ0v) is 27.3. The smallest absolute Gasteiger partial charge is 0.277 e. The molecule has 12 heteroatoms. The Kier molecular flexibility index (Phi) is 9.29. The Bertz CT molecular complexity index is 1820. The van der Waals surface area contributed by atoms with Gasteiger partial charge in [0.05, 0.1) is 41.1 Å². The van der Waals surface area contributed by atoms with Crippen LogP contribution in [0.15, 0.2) is 88.2 Å². The van der Waals surface area contributed by atoms with E-state index in [2.05, 4.69) is 5.10 Å². The summed E-state index contributed by atoms with van der Waals surface area (Å²) in [5.74, 6) is -2.89. The third kappa shape index (κ3) is 6.59. The van der Waals surface area contributed by atoms with Gasteiger partial charge in [0.1, 0.15) is 19.0 Å². The molecular weight excluding hydrogens is 618 g/mol. The number of aryl methyl sites for hydroxylation is 1. The first kappa shape index (κ1) is 33.7. The minimum atomic E-state index is -0.613. The van der Waals surface area contributed by atoms with Crippen molar-refractivity contribution in [2.45, 2.75) is 46.6 Å². The maximum atomic E-state index is 13.5. The molecule has 3 aliphatic carbocycles. The van der Waals surface area contributed by atoms with Gasteiger partial charge in [0.2, 0.25) is 17.3 Å². The van der Waals surface area contributed by atoms with Crippen molar-refractivity contribution in [1.82, 2.24) is 5.01 Å². The number of Topliss-reactive ketones (excluding diaryl/α,β-unsaturated/α-hetero) is 1. The maximum absolute atomic E-state index is 13.5. The number of carbonyl (C=O) groups is 6. The molecule has 0 bridgehead atoms. The summed E-state index contributed by atoms with van der Waals surface area (Å²) in [4.78, 5) is 76.3. The zero-order valence-electron chi connectivity index (χ0n) is 27.3. The van der Waals surface area contributed by atoms with Crippen LogP contribution >= 0.6 is 0 Å². The molecule has 1 aromatic carbocycles. The van der Waals surface area contributed by atoms with Crippen LogP contribution in [0, 0.1) is 6.92 Å². The van der Waals surface area contributed by atoms with Crippen LogP contribution in [-0.4, -0.2) is 82.5 Å². The Morgan fingerprint density at radius 2 is 1.38 bits per heavy atom. The highest BCUT2D eigenvalue weighted by atomic mass is 16.5. The number of amides is 1. The van der Waals surface area contributed by atoms with Crippen molar-refractivity contribution < 1.29 is 43.3 Å². The molecule has 5 rings (SSSR count). The Balaban J connectivity index is 1.39. The second kappa shape index (κ2) is 13.2. The molecule has 0 atom stereocenters. The first-order valence-electron chi connectivity index (χ1n) is 15.4. The quantitative estimate of drug-likeness (QED) is 0.276. The first-order valence-corrected chi connectivity index (χ1v) is 15.4. The number of nitrogens with zero attached hydrogens (tertiary/aromatic N) is 3. The average molecular weight is 654 g/mol. The lowest BCUT2D eigenvalue weighted by molar-refractivity contribution is -0.130. The van der Waals surface area contributed by atoms with Gasteiger partial charge in [-0.25, -0.2) is 5.01 Å². The lowest BCUT2D eigenvalue weighted by Crippen LogP contribution is -2.40. The minimum absolute atomic E-state index is 0.0185. The molecule has 0 fully saturated rings. The van der Waals surface area contributed by atoms with Crippen LogP contribution < -0.4 is 4.90 Å². The van der Waals surface area contributed by atoms with E-state index >= 15 is 0 Å². The molecule has 1 heterocycles. The number of hydrogen-bond acceptors (Lipinski definition) is 11. The summed E-state index contributed by atoms with van der Waals surface area (Å²) < 4.78 is 11.2. The van der Waals surface area contributed by atoms with Crippen LogP contribution in [-0.2, 0) is 38.2 Å². The number of ether oxygens (including phenoxy) is 2. The summed E-state index contributed by atoms with van der Waals surface area (Å²) in [5.41, 5.74) is 1.80. The molecule has 0 saturated heterocycles. The van der Waals surface area contributed by atoms with Crippen molar-refractivity contribution in [2.75, 3.05) is 31.2 Å². The fourth-order valence-corrected chi connectivity index (χ4v) is 5.51. The van der Waals surface area contributed by atoms with E-state index in [4.69, 9.17) is 9.47 Å². The van der Waals surface area contributed by atoms with E-state index in [1.807, 2.05) is 32.6 Å². The molecule has 0 spiro atoms. The highest BCUT2D eigenvalue weighted by molar-refractivity contribution is 6.44. The molecule has 1 amide bonds. The molecule has 0 unspecified atom stereocenters. The van der Waals surface area contributed by atoms with Gasteiger partial charge in [0.25, 0.3) is 5.91 Å².